The number of carbonyl (C=O) groups is 3. The topological polar surface area (TPSA) is 108 Å². The number of phenolic OH excluding ortho intramolecular Hbond substituents is 1. The number of rotatable bonds is 7. The molecule has 0 saturated heterocycles. The number of para-hydroxylation sites is 2. The molecule has 0 heterocycles. The van der Waals surface area contributed by atoms with Crippen LogP contribution in [-0.4, -0.2) is 45.6 Å². The lowest BCUT2D eigenvalue weighted by atomic mass is 10.0. The Hall–Kier alpha value is -3.55. The van der Waals surface area contributed by atoms with Gasteiger partial charge in [0.05, 0.1) is 0 Å². The molecule has 1 fully saturated rings. The van der Waals surface area contributed by atoms with Crippen molar-refractivity contribution in [2.45, 2.75) is 78.6 Å². The number of anilines is 1. The minimum absolute atomic E-state index is 0.0852. The van der Waals surface area contributed by atoms with Crippen molar-refractivity contribution in [1.82, 2.24) is 10.2 Å². The second kappa shape index (κ2) is 10.6. The summed E-state index contributed by atoms with van der Waals surface area (Å²) in [6.45, 7) is 12.6. The summed E-state index contributed by atoms with van der Waals surface area (Å²) in [5, 5.41) is 16.3. The van der Waals surface area contributed by atoms with E-state index in [9.17, 15) is 19.5 Å². The minimum Gasteiger partial charge on any atom is -0.508 e. The molecule has 0 radical (unpaired) electrons. The number of aryl methyl sites for hydroxylation is 2. The van der Waals surface area contributed by atoms with Crippen LogP contribution < -0.4 is 10.6 Å². The Morgan fingerprint density at radius 2 is 1.64 bits per heavy atom. The van der Waals surface area contributed by atoms with Gasteiger partial charge in [-0.1, -0.05) is 43.3 Å². The van der Waals surface area contributed by atoms with Crippen LogP contribution in [0.5, 0.6) is 5.75 Å². The van der Waals surface area contributed by atoms with Crippen LogP contribution in [0.3, 0.4) is 0 Å². The van der Waals surface area contributed by atoms with Gasteiger partial charge in [0.1, 0.15) is 23.4 Å². The van der Waals surface area contributed by atoms with Crippen LogP contribution in [0.2, 0.25) is 0 Å². The Morgan fingerprint density at radius 3 is 2.17 bits per heavy atom. The van der Waals surface area contributed by atoms with E-state index in [4.69, 9.17) is 4.74 Å². The molecule has 3 amide bonds. The number of aromatic hydroxyl groups is 1. The Balaban J connectivity index is 1.99. The highest BCUT2D eigenvalue weighted by atomic mass is 16.6. The maximum atomic E-state index is 13.9. The molecule has 0 aromatic heterocycles. The summed E-state index contributed by atoms with van der Waals surface area (Å²) in [4.78, 5) is 41.5. The molecule has 4 atom stereocenters. The van der Waals surface area contributed by atoms with E-state index in [0.29, 0.717) is 17.7 Å². The number of nitrogens with zero attached hydrogens (tertiary/aromatic N) is 1. The first-order chi connectivity index (χ1) is 16.8. The third-order valence-electron chi connectivity index (χ3n) is 6.27. The van der Waals surface area contributed by atoms with Crippen molar-refractivity contribution < 1.29 is 24.2 Å². The first kappa shape index (κ1) is 27.0. The second-order valence-corrected chi connectivity index (χ2v) is 10.6. The Bertz CT molecular complexity index is 1120. The summed E-state index contributed by atoms with van der Waals surface area (Å²) < 4.78 is 5.31. The van der Waals surface area contributed by atoms with Gasteiger partial charge in [-0.15, -0.1) is 0 Å². The summed E-state index contributed by atoms with van der Waals surface area (Å²) in [6.07, 6.45) is -0.00249. The molecule has 1 aliphatic carbocycles. The average Bonchev–Trinajstić information content (AvgIpc) is 3.49. The van der Waals surface area contributed by atoms with Gasteiger partial charge in [-0.2, -0.15) is 0 Å². The number of hydrogen-bond acceptors (Lipinski definition) is 5. The predicted octanol–water partition coefficient (Wildman–Crippen LogP) is 4.84. The van der Waals surface area contributed by atoms with Crippen molar-refractivity contribution in [2.75, 3.05) is 5.32 Å². The van der Waals surface area contributed by atoms with E-state index in [1.165, 1.54) is 11.0 Å². The van der Waals surface area contributed by atoms with Crippen molar-refractivity contribution >= 4 is 23.6 Å². The summed E-state index contributed by atoms with van der Waals surface area (Å²) in [5.74, 6) is -0.784. The molecule has 2 aromatic carbocycles. The van der Waals surface area contributed by atoms with E-state index in [2.05, 4.69) is 10.6 Å². The molecule has 1 aliphatic rings. The van der Waals surface area contributed by atoms with Gasteiger partial charge in [0, 0.05) is 17.3 Å². The fraction of sp³-hybridized carbons (Fsp3) is 0.464. The van der Waals surface area contributed by atoms with Crippen LogP contribution >= 0.6 is 0 Å². The number of phenols is 1. The number of benzene rings is 2. The second-order valence-electron chi connectivity index (χ2n) is 10.6. The summed E-state index contributed by atoms with van der Waals surface area (Å²) in [5.41, 5.74) is 2.03. The van der Waals surface area contributed by atoms with Gasteiger partial charge >= 0.3 is 6.09 Å². The van der Waals surface area contributed by atoms with E-state index in [1.54, 1.807) is 45.9 Å². The standard InChI is InChI=1S/C28H37N3O5/c1-16-11-10-12-17(2)23(16)30-25(33)24(20-13-8-9-14-22(20)32)31(21-15-18(21)3)26(34)19(4)29-27(35)36-28(5,6)7/h8-14,18-19,21,24,32H,15H2,1-7H3,(H,29,35)(H,30,33). The third kappa shape index (κ3) is 6.36. The van der Waals surface area contributed by atoms with E-state index >= 15 is 0 Å². The van der Waals surface area contributed by atoms with Gasteiger partial charge in [0.15, 0.2) is 0 Å². The highest BCUT2D eigenvalue weighted by molar-refractivity contribution is 6.00. The number of hydrogen-bond donors (Lipinski definition) is 3. The molecule has 1 saturated carbocycles. The zero-order chi connectivity index (χ0) is 26.8. The van der Waals surface area contributed by atoms with Crippen LogP contribution in [0.4, 0.5) is 10.5 Å². The molecule has 3 N–H and O–H groups in total. The number of nitrogens with one attached hydrogen (secondary N) is 2. The fourth-order valence-corrected chi connectivity index (χ4v) is 4.28. The molecule has 0 aliphatic heterocycles. The monoisotopic (exact) mass is 495 g/mol. The fourth-order valence-electron chi connectivity index (χ4n) is 4.28. The van der Waals surface area contributed by atoms with Crippen LogP contribution in [-0.2, 0) is 14.3 Å². The summed E-state index contributed by atoms with van der Waals surface area (Å²) in [7, 11) is 0. The van der Waals surface area contributed by atoms with Crippen molar-refractivity contribution in [1.29, 1.82) is 0 Å². The van der Waals surface area contributed by atoms with Crippen molar-refractivity contribution in [2.24, 2.45) is 5.92 Å². The van der Waals surface area contributed by atoms with Crippen molar-refractivity contribution in [3.05, 3.63) is 59.2 Å². The quantitative estimate of drug-likeness (QED) is 0.509. The molecule has 8 nitrogen and oxygen atoms in total. The maximum absolute atomic E-state index is 13.9. The predicted molar refractivity (Wildman–Crippen MR) is 139 cm³/mol. The summed E-state index contributed by atoms with van der Waals surface area (Å²) >= 11 is 0. The Kier molecular flexibility index (Phi) is 7.96. The molecule has 0 bridgehead atoms. The molecule has 3 rings (SSSR count). The number of amides is 3. The zero-order valence-corrected chi connectivity index (χ0v) is 22.1. The van der Waals surface area contributed by atoms with E-state index in [-0.39, 0.29) is 17.7 Å². The van der Waals surface area contributed by atoms with Gasteiger partial charge in [0.2, 0.25) is 5.91 Å². The van der Waals surface area contributed by atoms with Crippen LogP contribution in [0.15, 0.2) is 42.5 Å². The lowest BCUT2D eigenvalue weighted by Crippen LogP contribution is -2.52. The lowest BCUT2D eigenvalue weighted by molar-refractivity contribution is -0.141. The van der Waals surface area contributed by atoms with Crippen LogP contribution in [0.1, 0.15) is 63.8 Å². The molecule has 8 heteroatoms. The smallest absolute Gasteiger partial charge is 0.408 e. The first-order valence-electron chi connectivity index (χ1n) is 12.3. The van der Waals surface area contributed by atoms with Gasteiger partial charge in [-0.05, 0) is 71.1 Å². The van der Waals surface area contributed by atoms with Crippen LogP contribution in [0, 0.1) is 19.8 Å². The normalized spacial score (nSPS) is 18.5. The highest BCUT2D eigenvalue weighted by Gasteiger charge is 2.48. The van der Waals surface area contributed by atoms with Crippen molar-refractivity contribution in [3.63, 3.8) is 0 Å². The zero-order valence-electron chi connectivity index (χ0n) is 22.1. The Morgan fingerprint density at radius 1 is 1.06 bits per heavy atom. The van der Waals surface area contributed by atoms with Gasteiger partial charge < -0.3 is 25.4 Å². The van der Waals surface area contributed by atoms with Crippen molar-refractivity contribution in [3.8, 4) is 5.75 Å². The number of alkyl carbamates (subject to hydrolysis) is 1. The highest BCUT2D eigenvalue weighted by Crippen LogP contribution is 2.42. The van der Waals surface area contributed by atoms with E-state index < -0.39 is 35.6 Å². The number of carbonyl (C=O) groups excluding carboxylic acids is 3. The molecule has 4 unspecified atom stereocenters. The maximum Gasteiger partial charge on any atom is 0.408 e. The van der Waals surface area contributed by atoms with E-state index in [1.807, 2.05) is 39.0 Å². The molecular weight excluding hydrogens is 458 g/mol. The largest absolute Gasteiger partial charge is 0.508 e. The molecule has 0 spiro atoms. The SMILES string of the molecule is Cc1cccc(C)c1NC(=O)C(c1ccccc1O)N(C(=O)C(C)NC(=O)OC(C)(C)C)C1CC1C. The van der Waals surface area contributed by atoms with E-state index in [0.717, 1.165) is 11.1 Å². The average molecular weight is 496 g/mol. The first-order valence-corrected chi connectivity index (χ1v) is 12.3. The van der Waals surface area contributed by atoms with Gasteiger partial charge in [0.25, 0.3) is 5.91 Å². The van der Waals surface area contributed by atoms with Gasteiger partial charge in [-0.3, -0.25) is 9.59 Å². The molecule has 36 heavy (non-hydrogen) atoms. The van der Waals surface area contributed by atoms with Crippen LogP contribution in [0.25, 0.3) is 0 Å². The molecule has 2 aromatic rings. The number of ether oxygens (including phenoxy) is 1. The molecule has 194 valence electrons. The summed E-state index contributed by atoms with van der Waals surface area (Å²) in [6, 6.07) is 9.96. The Labute approximate surface area is 213 Å². The lowest BCUT2D eigenvalue weighted by Gasteiger charge is -2.34. The minimum atomic E-state index is -1.10. The van der Waals surface area contributed by atoms with Gasteiger partial charge in [-0.25, -0.2) is 4.79 Å². The third-order valence-corrected chi connectivity index (χ3v) is 6.27. The molecular formula is C28H37N3O5.